The minimum absolute atomic E-state index is 0.0373. The maximum absolute atomic E-state index is 13.0. The van der Waals surface area contributed by atoms with E-state index in [1.54, 1.807) is 6.92 Å². The second kappa shape index (κ2) is 8.16. The molecule has 11 heteroatoms. The van der Waals surface area contributed by atoms with E-state index in [9.17, 15) is 24.3 Å². The predicted octanol–water partition coefficient (Wildman–Crippen LogP) is 1.90. The number of carbonyl (C=O) groups is 3. The van der Waals surface area contributed by atoms with Gasteiger partial charge in [-0.15, -0.1) is 22.7 Å². The molecule has 31 heavy (non-hydrogen) atoms. The van der Waals surface area contributed by atoms with E-state index in [1.807, 2.05) is 0 Å². The summed E-state index contributed by atoms with van der Waals surface area (Å²) in [7, 11) is 0. The van der Waals surface area contributed by atoms with E-state index in [-0.39, 0.29) is 27.4 Å². The maximum atomic E-state index is 13.0. The number of aromatic nitrogens is 1. The Bertz CT molecular complexity index is 1290. The quantitative estimate of drug-likeness (QED) is 0.491. The van der Waals surface area contributed by atoms with Crippen LogP contribution in [0.25, 0.3) is 10.2 Å². The van der Waals surface area contributed by atoms with E-state index in [1.165, 1.54) is 11.3 Å². The number of nitrogen functional groups attached to an aromatic ring is 1. The lowest BCUT2D eigenvalue weighted by molar-refractivity contribution is -0.255. The van der Waals surface area contributed by atoms with Gasteiger partial charge in [-0.25, -0.2) is 4.79 Å². The SMILES string of the molecule is CCOC(=O)c1c(NC(=O)c2sc3[nH]c(=O)c(C(=O)[O-])cc3c2N)sc2c1CCCC2. The first kappa shape index (κ1) is 21.1. The summed E-state index contributed by atoms with van der Waals surface area (Å²) in [6, 6.07) is 1.10. The molecular weight excluding hydrogens is 442 g/mol. The van der Waals surface area contributed by atoms with Crippen molar-refractivity contribution in [2.75, 3.05) is 17.7 Å². The molecule has 4 rings (SSSR count). The number of hydrogen-bond donors (Lipinski definition) is 3. The Hall–Kier alpha value is -3.18. The van der Waals surface area contributed by atoms with Crippen LogP contribution in [0.2, 0.25) is 0 Å². The molecule has 0 radical (unpaired) electrons. The first-order valence-corrected chi connectivity index (χ1v) is 11.2. The average molecular weight is 461 g/mol. The van der Waals surface area contributed by atoms with E-state index < -0.39 is 29.0 Å². The Morgan fingerprint density at radius 1 is 1.26 bits per heavy atom. The number of fused-ring (bicyclic) bond motifs is 2. The van der Waals surface area contributed by atoms with Gasteiger partial charge in [0.1, 0.15) is 14.7 Å². The zero-order chi connectivity index (χ0) is 22.3. The first-order chi connectivity index (χ1) is 14.8. The number of aryl methyl sites for hydroxylation is 1. The summed E-state index contributed by atoms with van der Waals surface area (Å²) in [6.45, 7) is 1.93. The minimum atomic E-state index is -1.64. The van der Waals surface area contributed by atoms with Crippen molar-refractivity contribution in [3.05, 3.63) is 42.9 Å². The minimum Gasteiger partial charge on any atom is -0.545 e. The van der Waals surface area contributed by atoms with E-state index in [0.29, 0.717) is 10.6 Å². The second-order valence-electron chi connectivity index (χ2n) is 6.98. The number of esters is 1. The number of carboxylic acids is 1. The molecule has 1 amide bonds. The van der Waals surface area contributed by atoms with Crippen molar-refractivity contribution in [3.63, 3.8) is 0 Å². The summed E-state index contributed by atoms with van der Waals surface area (Å²) < 4.78 is 5.19. The molecule has 3 heterocycles. The van der Waals surface area contributed by atoms with Gasteiger partial charge in [0.2, 0.25) is 0 Å². The number of ether oxygens (including phenoxy) is 1. The van der Waals surface area contributed by atoms with Crippen LogP contribution in [0.4, 0.5) is 10.7 Å². The zero-order valence-electron chi connectivity index (χ0n) is 16.5. The van der Waals surface area contributed by atoms with Crippen LogP contribution >= 0.6 is 22.7 Å². The van der Waals surface area contributed by atoms with Crippen LogP contribution < -0.4 is 21.7 Å². The molecule has 1 aliphatic carbocycles. The smallest absolute Gasteiger partial charge is 0.341 e. The third-order valence-electron chi connectivity index (χ3n) is 5.05. The zero-order valence-corrected chi connectivity index (χ0v) is 18.1. The molecule has 0 saturated carbocycles. The van der Waals surface area contributed by atoms with Crippen molar-refractivity contribution in [2.24, 2.45) is 0 Å². The number of rotatable bonds is 5. The Morgan fingerprint density at radius 2 is 2.00 bits per heavy atom. The van der Waals surface area contributed by atoms with Crippen molar-refractivity contribution >= 4 is 61.4 Å². The summed E-state index contributed by atoms with van der Waals surface area (Å²) in [5.74, 6) is -2.67. The van der Waals surface area contributed by atoms with E-state index in [0.717, 1.165) is 53.5 Å². The van der Waals surface area contributed by atoms with Crippen LogP contribution in [0, 0.1) is 0 Å². The third kappa shape index (κ3) is 3.70. The number of pyridine rings is 1. The number of hydrogen-bond acceptors (Lipinski definition) is 9. The van der Waals surface area contributed by atoms with Crippen molar-refractivity contribution in [1.82, 2.24) is 4.98 Å². The highest BCUT2D eigenvalue weighted by Crippen LogP contribution is 2.40. The molecule has 0 saturated heterocycles. The van der Waals surface area contributed by atoms with Crippen molar-refractivity contribution < 1.29 is 24.2 Å². The monoisotopic (exact) mass is 460 g/mol. The number of thiophene rings is 2. The molecule has 0 bridgehead atoms. The number of nitrogens with one attached hydrogen (secondary N) is 2. The number of anilines is 2. The predicted molar refractivity (Wildman–Crippen MR) is 116 cm³/mol. The summed E-state index contributed by atoms with van der Waals surface area (Å²) >= 11 is 2.28. The highest BCUT2D eigenvalue weighted by atomic mass is 32.1. The van der Waals surface area contributed by atoms with E-state index >= 15 is 0 Å². The van der Waals surface area contributed by atoms with Gasteiger partial charge in [0.15, 0.2) is 0 Å². The fourth-order valence-corrected chi connectivity index (χ4v) is 5.89. The molecule has 3 aromatic rings. The Labute approximate surface area is 183 Å². The lowest BCUT2D eigenvalue weighted by Gasteiger charge is -2.12. The van der Waals surface area contributed by atoms with Gasteiger partial charge < -0.3 is 30.7 Å². The molecule has 0 unspecified atom stereocenters. The normalized spacial score (nSPS) is 13.1. The summed E-state index contributed by atoms with van der Waals surface area (Å²) in [4.78, 5) is 52.4. The molecule has 162 valence electrons. The number of amides is 1. The fraction of sp³-hybridized carbons (Fsp3) is 0.300. The van der Waals surface area contributed by atoms with Gasteiger partial charge in [-0.2, -0.15) is 0 Å². The second-order valence-corrected chi connectivity index (χ2v) is 9.10. The largest absolute Gasteiger partial charge is 0.545 e. The average Bonchev–Trinajstić information content (AvgIpc) is 3.24. The molecule has 0 atom stereocenters. The van der Waals surface area contributed by atoms with Gasteiger partial charge >= 0.3 is 5.97 Å². The molecule has 0 fully saturated rings. The Morgan fingerprint density at radius 3 is 2.71 bits per heavy atom. The first-order valence-electron chi connectivity index (χ1n) is 9.61. The number of aromatic amines is 1. The number of H-pyrrole nitrogens is 1. The van der Waals surface area contributed by atoms with E-state index in [4.69, 9.17) is 10.5 Å². The summed E-state index contributed by atoms with van der Waals surface area (Å²) in [5, 5.41) is 14.5. The molecule has 4 N–H and O–H groups in total. The standard InChI is InChI=1S/C20H19N3O6S2/c1-2-29-20(28)12-8-5-3-4-6-11(8)30-18(12)23-16(25)14-13(21)9-7-10(19(26)27)15(24)22-17(9)31-14/h7H,2-6,21H2,1H3,(H,22,24)(H,23,25)(H,26,27)/p-1. The van der Waals surface area contributed by atoms with Crippen LogP contribution in [0.1, 0.15) is 60.6 Å². The molecule has 0 aliphatic heterocycles. The van der Waals surface area contributed by atoms with Gasteiger partial charge in [-0.3, -0.25) is 9.59 Å². The van der Waals surface area contributed by atoms with E-state index in [2.05, 4.69) is 10.3 Å². The highest BCUT2D eigenvalue weighted by molar-refractivity contribution is 7.21. The maximum Gasteiger partial charge on any atom is 0.341 e. The molecule has 9 nitrogen and oxygen atoms in total. The number of nitrogens with two attached hydrogens (primary N) is 1. The van der Waals surface area contributed by atoms with Crippen LogP contribution in [0.15, 0.2) is 10.9 Å². The molecule has 3 aromatic heterocycles. The molecule has 0 aromatic carbocycles. The van der Waals surface area contributed by atoms with Gasteiger partial charge in [0.25, 0.3) is 11.5 Å². The number of carboxylic acid groups (broad SMARTS) is 1. The van der Waals surface area contributed by atoms with Gasteiger partial charge in [0.05, 0.1) is 29.4 Å². The topological polar surface area (TPSA) is 154 Å². The van der Waals surface area contributed by atoms with Gasteiger partial charge in [-0.05, 0) is 44.2 Å². The van der Waals surface area contributed by atoms with Crippen molar-refractivity contribution in [3.8, 4) is 0 Å². The van der Waals surface area contributed by atoms with Crippen molar-refractivity contribution in [2.45, 2.75) is 32.6 Å². The van der Waals surface area contributed by atoms with Crippen LogP contribution in [-0.4, -0.2) is 29.4 Å². The van der Waals surface area contributed by atoms with Crippen molar-refractivity contribution in [1.29, 1.82) is 0 Å². The van der Waals surface area contributed by atoms with Gasteiger partial charge in [0, 0.05) is 10.3 Å². The fourth-order valence-electron chi connectivity index (χ4n) is 3.63. The van der Waals surface area contributed by atoms with Crippen LogP contribution in [0.5, 0.6) is 0 Å². The summed E-state index contributed by atoms with van der Waals surface area (Å²) in [5.41, 5.74) is 6.00. The Kier molecular flexibility index (Phi) is 5.54. The Balaban J connectivity index is 1.73. The third-order valence-corrected chi connectivity index (χ3v) is 7.39. The lowest BCUT2D eigenvalue weighted by atomic mass is 9.95. The summed E-state index contributed by atoms with van der Waals surface area (Å²) in [6.07, 6.45) is 3.55. The lowest BCUT2D eigenvalue weighted by Crippen LogP contribution is -2.29. The molecule has 0 spiro atoms. The highest BCUT2D eigenvalue weighted by Gasteiger charge is 2.28. The van der Waals surface area contributed by atoms with Crippen LogP contribution in [0.3, 0.4) is 0 Å². The molecule has 1 aliphatic rings. The number of carbonyl (C=O) groups excluding carboxylic acids is 3. The van der Waals surface area contributed by atoms with Gasteiger partial charge in [-0.1, -0.05) is 0 Å². The molecular formula is C20H18N3O6S2-. The van der Waals surface area contributed by atoms with Crippen LogP contribution in [-0.2, 0) is 17.6 Å². The number of aromatic carboxylic acids is 1.